The van der Waals surface area contributed by atoms with Crippen LogP contribution in [-0.4, -0.2) is 25.5 Å². The normalized spacial score (nSPS) is 29.9. The Hall–Kier alpha value is -0.280. The van der Waals surface area contributed by atoms with E-state index < -0.39 is 0 Å². The van der Waals surface area contributed by atoms with Gasteiger partial charge in [0, 0.05) is 25.6 Å². The molecule has 2 saturated carbocycles. The molecule has 3 aliphatic rings. The van der Waals surface area contributed by atoms with Gasteiger partial charge in [-0.3, -0.25) is 4.79 Å². The summed E-state index contributed by atoms with van der Waals surface area (Å²) in [6.45, 7) is 3.18. The van der Waals surface area contributed by atoms with Crippen molar-refractivity contribution in [1.29, 1.82) is 0 Å². The van der Waals surface area contributed by atoms with Crippen LogP contribution in [0.4, 0.5) is 0 Å². The summed E-state index contributed by atoms with van der Waals surface area (Å²) in [6.07, 6.45) is 9.13. The van der Waals surface area contributed by atoms with Gasteiger partial charge in [0.1, 0.15) is 0 Å². The Bertz CT molecular complexity index is 298. The summed E-state index contributed by atoms with van der Waals surface area (Å²) in [6, 6.07) is 0. The number of amides is 1. The van der Waals surface area contributed by atoms with Crippen LogP contribution in [0.1, 0.15) is 44.9 Å². The number of nitrogens with one attached hydrogen (secondary N) is 2. The molecule has 2 aliphatic carbocycles. The van der Waals surface area contributed by atoms with Crippen LogP contribution in [0, 0.1) is 17.3 Å². The highest BCUT2D eigenvalue weighted by Crippen LogP contribution is 2.44. The summed E-state index contributed by atoms with van der Waals surface area (Å²) >= 11 is 0. The van der Waals surface area contributed by atoms with Crippen molar-refractivity contribution < 1.29 is 4.79 Å². The first-order valence-corrected chi connectivity index (χ1v) is 7.29. The lowest BCUT2D eigenvalue weighted by Gasteiger charge is -2.38. The van der Waals surface area contributed by atoms with Gasteiger partial charge in [-0.15, -0.1) is 12.4 Å². The molecule has 0 radical (unpaired) electrons. The van der Waals surface area contributed by atoms with Crippen molar-refractivity contribution in [3.05, 3.63) is 0 Å². The monoisotopic (exact) mass is 272 g/mol. The summed E-state index contributed by atoms with van der Waals surface area (Å²) in [7, 11) is 0. The highest BCUT2D eigenvalue weighted by molar-refractivity contribution is 5.85. The second kappa shape index (κ2) is 5.79. The summed E-state index contributed by atoms with van der Waals surface area (Å²) in [5.74, 6) is 1.33. The zero-order valence-corrected chi connectivity index (χ0v) is 11.9. The van der Waals surface area contributed by atoms with Gasteiger partial charge in [-0.1, -0.05) is 19.3 Å². The lowest BCUT2D eigenvalue weighted by atomic mass is 9.68. The number of hydrogen-bond acceptors (Lipinski definition) is 2. The maximum Gasteiger partial charge on any atom is 0.223 e. The molecule has 0 bridgehead atoms. The highest BCUT2D eigenvalue weighted by Gasteiger charge is 2.43. The Kier molecular flexibility index (Phi) is 4.54. The van der Waals surface area contributed by atoms with E-state index in [2.05, 4.69) is 10.6 Å². The van der Waals surface area contributed by atoms with Crippen molar-refractivity contribution in [2.24, 2.45) is 17.3 Å². The van der Waals surface area contributed by atoms with E-state index in [0.29, 0.717) is 23.2 Å². The number of carbonyl (C=O) groups excluding carboxylic acids is 1. The van der Waals surface area contributed by atoms with Crippen molar-refractivity contribution in [2.45, 2.75) is 44.9 Å². The van der Waals surface area contributed by atoms with Gasteiger partial charge in [0.25, 0.3) is 0 Å². The lowest BCUT2D eigenvalue weighted by Crippen LogP contribution is -2.40. The Balaban J connectivity index is 0.00000120. The molecular weight excluding hydrogens is 248 g/mol. The molecular formula is C14H25ClN2O. The Morgan fingerprint density at radius 2 is 1.94 bits per heavy atom. The van der Waals surface area contributed by atoms with Gasteiger partial charge in [-0.05, 0) is 37.0 Å². The van der Waals surface area contributed by atoms with Crippen LogP contribution >= 0.6 is 12.4 Å². The van der Waals surface area contributed by atoms with E-state index >= 15 is 0 Å². The molecule has 1 spiro atoms. The van der Waals surface area contributed by atoms with Crippen LogP contribution in [0.25, 0.3) is 0 Å². The third-order valence-corrected chi connectivity index (χ3v) is 5.05. The SMILES string of the molecule is Cl.O=C(NCC1CNCC12CCCCC2)C1CC1. The fraction of sp³-hybridized carbons (Fsp3) is 0.929. The van der Waals surface area contributed by atoms with Gasteiger partial charge >= 0.3 is 0 Å². The molecule has 1 heterocycles. The molecule has 1 unspecified atom stereocenters. The minimum Gasteiger partial charge on any atom is -0.356 e. The topological polar surface area (TPSA) is 41.1 Å². The maximum atomic E-state index is 11.7. The van der Waals surface area contributed by atoms with Crippen molar-refractivity contribution in [2.75, 3.05) is 19.6 Å². The van der Waals surface area contributed by atoms with Crippen LogP contribution in [0.5, 0.6) is 0 Å². The molecule has 1 amide bonds. The highest BCUT2D eigenvalue weighted by atomic mass is 35.5. The first-order chi connectivity index (χ1) is 8.30. The number of rotatable bonds is 3. The third-order valence-electron chi connectivity index (χ3n) is 5.05. The lowest BCUT2D eigenvalue weighted by molar-refractivity contribution is -0.122. The first kappa shape index (κ1) is 14.1. The molecule has 104 valence electrons. The molecule has 1 atom stereocenters. The largest absolute Gasteiger partial charge is 0.356 e. The minimum absolute atomic E-state index is 0. The smallest absolute Gasteiger partial charge is 0.223 e. The molecule has 0 aromatic carbocycles. The molecule has 0 aromatic heterocycles. The van der Waals surface area contributed by atoms with Gasteiger partial charge in [0.2, 0.25) is 5.91 Å². The van der Waals surface area contributed by atoms with E-state index in [-0.39, 0.29) is 12.4 Å². The minimum atomic E-state index is 0. The molecule has 1 aliphatic heterocycles. The average molecular weight is 273 g/mol. The molecule has 3 nitrogen and oxygen atoms in total. The second-order valence-corrected chi connectivity index (χ2v) is 6.27. The van der Waals surface area contributed by atoms with Crippen LogP contribution in [0.2, 0.25) is 0 Å². The van der Waals surface area contributed by atoms with Crippen LogP contribution in [0.15, 0.2) is 0 Å². The summed E-state index contributed by atoms with van der Waals surface area (Å²) in [4.78, 5) is 11.7. The van der Waals surface area contributed by atoms with Crippen LogP contribution in [0.3, 0.4) is 0 Å². The Morgan fingerprint density at radius 3 is 2.61 bits per heavy atom. The van der Waals surface area contributed by atoms with Gasteiger partial charge in [0.15, 0.2) is 0 Å². The van der Waals surface area contributed by atoms with E-state index in [1.165, 1.54) is 38.6 Å². The molecule has 2 N–H and O–H groups in total. The van der Waals surface area contributed by atoms with Crippen LogP contribution < -0.4 is 10.6 Å². The van der Waals surface area contributed by atoms with Crippen molar-refractivity contribution in [3.63, 3.8) is 0 Å². The molecule has 1 saturated heterocycles. The molecule has 0 aromatic rings. The van der Waals surface area contributed by atoms with Crippen molar-refractivity contribution in [1.82, 2.24) is 10.6 Å². The number of carbonyl (C=O) groups is 1. The predicted octanol–water partition coefficient (Wildman–Crippen LogP) is 2.10. The average Bonchev–Trinajstić information content (AvgIpc) is 3.13. The van der Waals surface area contributed by atoms with E-state index in [1.807, 2.05) is 0 Å². The van der Waals surface area contributed by atoms with Crippen molar-refractivity contribution in [3.8, 4) is 0 Å². The van der Waals surface area contributed by atoms with E-state index in [4.69, 9.17) is 0 Å². The standard InChI is InChI=1S/C14H24N2O.ClH/c17-13(11-4-5-11)16-9-12-8-15-10-14(12)6-2-1-3-7-14;/h11-12,15H,1-10H2,(H,16,17);1H. The summed E-state index contributed by atoms with van der Waals surface area (Å²) < 4.78 is 0. The fourth-order valence-corrected chi connectivity index (χ4v) is 3.70. The van der Waals surface area contributed by atoms with Gasteiger partial charge in [-0.2, -0.15) is 0 Å². The molecule has 18 heavy (non-hydrogen) atoms. The maximum absolute atomic E-state index is 11.7. The zero-order chi connectivity index (χ0) is 11.7. The van der Waals surface area contributed by atoms with Gasteiger partial charge in [-0.25, -0.2) is 0 Å². The predicted molar refractivity (Wildman–Crippen MR) is 74.9 cm³/mol. The van der Waals surface area contributed by atoms with Gasteiger partial charge < -0.3 is 10.6 Å². The molecule has 3 rings (SSSR count). The summed E-state index contributed by atoms with van der Waals surface area (Å²) in [5.41, 5.74) is 0.509. The Morgan fingerprint density at radius 1 is 1.22 bits per heavy atom. The Labute approximate surface area is 116 Å². The molecule has 4 heteroatoms. The molecule has 3 fully saturated rings. The number of hydrogen-bond donors (Lipinski definition) is 2. The first-order valence-electron chi connectivity index (χ1n) is 7.29. The van der Waals surface area contributed by atoms with E-state index in [9.17, 15) is 4.79 Å². The van der Waals surface area contributed by atoms with Crippen LogP contribution in [-0.2, 0) is 4.79 Å². The van der Waals surface area contributed by atoms with Crippen molar-refractivity contribution >= 4 is 18.3 Å². The summed E-state index contributed by atoms with van der Waals surface area (Å²) in [5, 5.41) is 6.73. The quantitative estimate of drug-likeness (QED) is 0.826. The fourth-order valence-electron chi connectivity index (χ4n) is 3.70. The second-order valence-electron chi connectivity index (χ2n) is 6.27. The third kappa shape index (κ3) is 2.83. The van der Waals surface area contributed by atoms with E-state index in [1.54, 1.807) is 0 Å². The number of halogens is 1. The van der Waals surface area contributed by atoms with Gasteiger partial charge in [0.05, 0.1) is 0 Å². The van der Waals surface area contributed by atoms with E-state index in [0.717, 1.165) is 25.9 Å². The zero-order valence-electron chi connectivity index (χ0n) is 11.0.